The van der Waals surface area contributed by atoms with Crippen LogP contribution in [-0.2, 0) is 17.3 Å². The lowest BCUT2D eigenvalue weighted by Gasteiger charge is -2.17. The maximum atomic E-state index is 11.5. The number of nitrogens with one attached hydrogen (secondary N) is 1. The largest absolute Gasteiger partial charge is 0.304 e. The zero-order valence-electron chi connectivity index (χ0n) is 11.1. The standard InChI is InChI=1S/C14H18N2OS2/c1-11-14(18-10-16-11)8-15-13(9-19(2)17)12-6-4-3-5-7-12/h3-7,10,13,15H,8-9H2,1-2H3. The Kier molecular flexibility index (Phi) is 5.24. The highest BCUT2D eigenvalue weighted by Crippen LogP contribution is 2.17. The highest BCUT2D eigenvalue weighted by molar-refractivity contribution is 7.84. The van der Waals surface area contributed by atoms with E-state index in [9.17, 15) is 4.21 Å². The van der Waals surface area contributed by atoms with Crippen molar-refractivity contribution in [1.29, 1.82) is 0 Å². The second-order valence-corrected chi connectivity index (χ2v) is 6.86. The van der Waals surface area contributed by atoms with E-state index in [1.165, 1.54) is 10.4 Å². The van der Waals surface area contributed by atoms with Gasteiger partial charge in [-0.25, -0.2) is 4.98 Å². The fourth-order valence-electron chi connectivity index (χ4n) is 1.90. The van der Waals surface area contributed by atoms with E-state index in [1.54, 1.807) is 17.6 Å². The summed E-state index contributed by atoms with van der Waals surface area (Å²) < 4.78 is 11.5. The molecule has 0 saturated carbocycles. The molecule has 1 heterocycles. The molecule has 102 valence electrons. The smallest absolute Gasteiger partial charge is 0.0798 e. The molecule has 0 aliphatic rings. The lowest BCUT2D eigenvalue weighted by Crippen LogP contribution is -2.25. The zero-order chi connectivity index (χ0) is 13.7. The molecule has 2 rings (SSSR count). The number of hydrogen-bond acceptors (Lipinski definition) is 4. The molecular weight excluding hydrogens is 276 g/mol. The minimum atomic E-state index is -0.824. The lowest BCUT2D eigenvalue weighted by molar-refractivity contribution is 0.576. The number of rotatable bonds is 6. The van der Waals surface area contributed by atoms with Gasteiger partial charge in [0.25, 0.3) is 0 Å². The third-order valence-corrected chi connectivity index (χ3v) is 4.70. The van der Waals surface area contributed by atoms with Crippen molar-refractivity contribution in [1.82, 2.24) is 10.3 Å². The molecular formula is C14H18N2OS2. The summed E-state index contributed by atoms with van der Waals surface area (Å²) in [6.07, 6.45) is 1.75. The Labute approximate surface area is 120 Å². The van der Waals surface area contributed by atoms with Crippen LogP contribution in [0, 0.1) is 6.92 Å². The first-order valence-corrected chi connectivity index (χ1v) is 8.75. The van der Waals surface area contributed by atoms with Crippen LogP contribution in [0.5, 0.6) is 0 Å². The first kappa shape index (κ1) is 14.4. The van der Waals surface area contributed by atoms with Crippen molar-refractivity contribution < 1.29 is 4.21 Å². The summed E-state index contributed by atoms with van der Waals surface area (Å²) in [6.45, 7) is 2.79. The second-order valence-electron chi connectivity index (χ2n) is 4.44. The molecule has 1 aromatic carbocycles. The molecule has 0 radical (unpaired) electrons. The fourth-order valence-corrected chi connectivity index (χ4v) is 3.41. The fraction of sp³-hybridized carbons (Fsp3) is 0.357. The number of aryl methyl sites for hydroxylation is 1. The van der Waals surface area contributed by atoms with Gasteiger partial charge in [0.05, 0.1) is 11.2 Å². The van der Waals surface area contributed by atoms with Crippen LogP contribution >= 0.6 is 11.3 Å². The third-order valence-electron chi connectivity index (χ3n) is 2.96. The van der Waals surface area contributed by atoms with Crippen LogP contribution in [0.1, 0.15) is 22.2 Å². The van der Waals surface area contributed by atoms with Crippen molar-refractivity contribution in [3.8, 4) is 0 Å². The molecule has 1 N–H and O–H groups in total. The molecule has 2 atom stereocenters. The average molecular weight is 294 g/mol. The van der Waals surface area contributed by atoms with Gasteiger partial charge < -0.3 is 5.32 Å². The Morgan fingerprint density at radius 3 is 2.68 bits per heavy atom. The highest BCUT2D eigenvalue weighted by Gasteiger charge is 2.13. The van der Waals surface area contributed by atoms with Crippen molar-refractivity contribution in [3.63, 3.8) is 0 Å². The Bertz CT molecular complexity index is 539. The van der Waals surface area contributed by atoms with E-state index in [2.05, 4.69) is 22.4 Å². The van der Waals surface area contributed by atoms with Gasteiger partial charge in [-0.2, -0.15) is 0 Å². The molecule has 2 aromatic rings. The predicted octanol–water partition coefficient (Wildman–Crippen LogP) is 2.66. The molecule has 0 aliphatic carbocycles. The summed E-state index contributed by atoms with van der Waals surface area (Å²) in [5.74, 6) is 0.627. The molecule has 0 saturated heterocycles. The topological polar surface area (TPSA) is 42.0 Å². The van der Waals surface area contributed by atoms with E-state index in [0.717, 1.165) is 12.2 Å². The molecule has 19 heavy (non-hydrogen) atoms. The van der Waals surface area contributed by atoms with Gasteiger partial charge in [0.15, 0.2) is 0 Å². The summed E-state index contributed by atoms with van der Waals surface area (Å²) >= 11 is 1.66. The van der Waals surface area contributed by atoms with E-state index < -0.39 is 10.8 Å². The summed E-state index contributed by atoms with van der Waals surface area (Å²) in [6, 6.07) is 10.3. The van der Waals surface area contributed by atoms with Gasteiger partial charge in [-0.15, -0.1) is 11.3 Å². The van der Waals surface area contributed by atoms with Crippen LogP contribution in [-0.4, -0.2) is 21.2 Å². The van der Waals surface area contributed by atoms with Crippen LogP contribution in [0.15, 0.2) is 35.8 Å². The van der Waals surface area contributed by atoms with Gasteiger partial charge >= 0.3 is 0 Å². The normalized spacial score (nSPS) is 14.2. The Morgan fingerprint density at radius 2 is 2.11 bits per heavy atom. The number of aromatic nitrogens is 1. The number of hydrogen-bond donors (Lipinski definition) is 1. The van der Waals surface area contributed by atoms with Gasteiger partial charge in [-0.3, -0.25) is 4.21 Å². The van der Waals surface area contributed by atoms with Crippen LogP contribution in [0.2, 0.25) is 0 Å². The van der Waals surface area contributed by atoms with E-state index in [-0.39, 0.29) is 6.04 Å². The Morgan fingerprint density at radius 1 is 1.37 bits per heavy atom. The molecule has 0 aliphatic heterocycles. The SMILES string of the molecule is Cc1ncsc1CNC(CS(C)=O)c1ccccc1. The van der Waals surface area contributed by atoms with Crippen LogP contribution < -0.4 is 5.32 Å². The Balaban J connectivity index is 2.06. The minimum absolute atomic E-state index is 0.119. The van der Waals surface area contributed by atoms with Crippen LogP contribution in [0.3, 0.4) is 0 Å². The van der Waals surface area contributed by atoms with Gasteiger partial charge in [0.1, 0.15) is 0 Å². The summed E-state index contributed by atoms with van der Waals surface area (Å²) in [4.78, 5) is 5.49. The number of nitrogens with zero attached hydrogens (tertiary/aromatic N) is 1. The van der Waals surface area contributed by atoms with E-state index >= 15 is 0 Å². The van der Waals surface area contributed by atoms with Crippen molar-refractivity contribution in [3.05, 3.63) is 52.0 Å². The van der Waals surface area contributed by atoms with Crippen molar-refractivity contribution in [2.75, 3.05) is 12.0 Å². The molecule has 0 bridgehead atoms. The van der Waals surface area contributed by atoms with Gasteiger partial charge in [0.2, 0.25) is 0 Å². The monoisotopic (exact) mass is 294 g/mol. The zero-order valence-corrected chi connectivity index (χ0v) is 12.8. The van der Waals surface area contributed by atoms with Crippen LogP contribution in [0.4, 0.5) is 0 Å². The summed E-state index contributed by atoms with van der Waals surface area (Å²) in [7, 11) is -0.824. The minimum Gasteiger partial charge on any atom is -0.304 e. The van der Waals surface area contributed by atoms with Gasteiger partial charge in [-0.05, 0) is 12.5 Å². The molecule has 0 spiro atoms. The quantitative estimate of drug-likeness (QED) is 0.890. The number of benzene rings is 1. The van der Waals surface area contributed by atoms with Crippen molar-refractivity contribution >= 4 is 22.1 Å². The molecule has 2 unspecified atom stereocenters. The van der Waals surface area contributed by atoms with E-state index in [1.807, 2.05) is 30.6 Å². The predicted molar refractivity (Wildman–Crippen MR) is 81.8 cm³/mol. The first-order chi connectivity index (χ1) is 9.16. The molecule has 1 aromatic heterocycles. The van der Waals surface area contributed by atoms with Crippen molar-refractivity contribution in [2.45, 2.75) is 19.5 Å². The molecule has 0 fully saturated rings. The van der Waals surface area contributed by atoms with E-state index in [0.29, 0.717) is 5.75 Å². The maximum Gasteiger partial charge on any atom is 0.0798 e. The van der Waals surface area contributed by atoms with Gasteiger partial charge in [0, 0.05) is 40.3 Å². The molecule has 5 heteroatoms. The highest BCUT2D eigenvalue weighted by atomic mass is 32.2. The Hall–Kier alpha value is -1.04. The number of thiazole rings is 1. The third kappa shape index (κ3) is 4.23. The van der Waals surface area contributed by atoms with Gasteiger partial charge in [-0.1, -0.05) is 30.3 Å². The van der Waals surface area contributed by atoms with Crippen LogP contribution in [0.25, 0.3) is 0 Å². The molecule has 3 nitrogen and oxygen atoms in total. The molecule has 0 amide bonds. The average Bonchev–Trinajstić information content (AvgIpc) is 2.81. The second kappa shape index (κ2) is 6.93. The maximum absolute atomic E-state index is 11.5. The van der Waals surface area contributed by atoms with E-state index in [4.69, 9.17) is 0 Å². The summed E-state index contributed by atoms with van der Waals surface area (Å²) in [5, 5.41) is 3.49. The first-order valence-electron chi connectivity index (χ1n) is 6.14. The lowest BCUT2D eigenvalue weighted by atomic mass is 10.1. The van der Waals surface area contributed by atoms with Crippen molar-refractivity contribution in [2.24, 2.45) is 0 Å². The summed E-state index contributed by atoms with van der Waals surface area (Å²) in [5.41, 5.74) is 4.11.